The van der Waals surface area contributed by atoms with Crippen molar-refractivity contribution in [3.63, 3.8) is 0 Å². The molecule has 0 radical (unpaired) electrons. The van der Waals surface area contributed by atoms with E-state index in [1.54, 1.807) is 12.1 Å². The lowest BCUT2D eigenvalue weighted by Crippen LogP contribution is -2.44. The standard InChI is InChI=1S/C17H23F2N3O2S/c1-11-5-3-4-6-13(11)21-17(25)22-20-10-12-7-8-14(24-16(18)19)15(9-12)23-2/h7-11,13,16H,3-6H2,1-2H3,(H2,21,22,25)/b20-10-/t11-,13-/m0/s1. The first-order valence-electron chi connectivity index (χ1n) is 8.22. The van der Waals surface area contributed by atoms with Gasteiger partial charge in [0.1, 0.15) is 0 Å². The van der Waals surface area contributed by atoms with Gasteiger partial charge in [0, 0.05) is 6.04 Å². The number of methoxy groups -OCH3 is 1. The molecular weight excluding hydrogens is 348 g/mol. The van der Waals surface area contributed by atoms with E-state index in [0.29, 0.717) is 22.6 Å². The quantitative estimate of drug-likeness (QED) is 0.454. The summed E-state index contributed by atoms with van der Waals surface area (Å²) in [5.41, 5.74) is 3.45. The Bertz CT molecular complexity index is 614. The van der Waals surface area contributed by atoms with Gasteiger partial charge >= 0.3 is 6.61 Å². The summed E-state index contributed by atoms with van der Waals surface area (Å²) in [6.07, 6.45) is 6.32. The fourth-order valence-corrected chi connectivity index (χ4v) is 3.06. The number of hydrazone groups is 1. The van der Waals surface area contributed by atoms with Crippen LogP contribution in [-0.2, 0) is 0 Å². The monoisotopic (exact) mass is 371 g/mol. The molecule has 2 N–H and O–H groups in total. The van der Waals surface area contributed by atoms with Crippen molar-refractivity contribution >= 4 is 23.5 Å². The molecule has 2 rings (SSSR count). The number of rotatable bonds is 6. The number of hydrogen-bond acceptors (Lipinski definition) is 4. The van der Waals surface area contributed by atoms with Gasteiger partial charge < -0.3 is 14.8 Å². The van der Waals surface area contributed by atoms with E-state index in [1.807, 2.05) is 0 Å². The van der Waals surface area contributed by atoms with Crippen molar-refractivity contribution < 1.29 is 18.3 Å². The van der Waals surface area contributed by atoms with Crippen LogP contribution in [0.5, 0.6) is 11.5 Å². The Kier molecular flexibility index (Phi) is 7.36. The minimum absolute atomic E-state index is 0.0221. The van der Waals surface area contributed by atoms with Crippen LogP contribution >= 0.6 is 12.2 Å². The van der Waals surface area contributed by atoms with Crippen molar-refractivity contribution in [1.82, 2.24) is 10.7 Å². The third-order valence-electron chi connectivity index (χ3n) is 4.21. The molecule has 5 nitrogen and oxygen atoms in total. The minimum Gasteiger partial charge on any atom is -0.493 e. The Morgan fingerprint density at radius 2 is 2.08 bits per heavy atom. The number of hydrogen-bond donors (Lipinski definition) is 2. The van der Waals surface area contributed by atoms with Crippen LogP contribution in [0.2, 0.25) is 0 Å². The number of halogens is 2. The van der Waals surface area contributed by atoms with Crippen LogP contribution in [0, 0.1) is 5.92 Å². The molecule has 25 heavy (non-hydrogen) atoms. The molecule has 2 atom stereocenters. The molecule has 1 aromatic rings. The van der Waals surface area contributed by atoms with Crippen LogP contribution < -0.4 is 20.2 Å². The van der Waals surface area contributed by atoms with E-state index < -0.39 is 6.61 Å². The lowest BCUT2D eigenvalue weighted by molar-refractivity contribution is -0.0512. The fraction of sp³-hybridized carbons (Fsp3) is 0.529. The summed E-state index contributed by atoms with van der Waals surface area (Å²) >= 11 is 5.26. The van der Waals surface area contributed by atoms with Crippen LogP contribution in [0.4, 0.5) is 8.78 Å². The summed E-state index contributed by atoms with van der Waals surface area (Å²) in [4.78, 5) is 0. The second-order valence-electron chi connectivity index (χ2n) is 6.00. The van der Waals surface area contributed by atoms with Crippen molar-refractivity contribution in [2.45, 2.75) is 45.3 Å². The van der Waals surface area contributed by atoms with Crippen molar-refractivity contribution in [2.24, 2.45) is 11.0 Å². The minimum atomic E-state index is -2.90. The smallest absolute Gasteiger partial charge is 0.387 e. The topological polar surface area (TPSA) is 54.9 Å². The predicted octanol–water partition coefficient (Wildman–Crippen LogP) is 3.67. The van der Waals surface area contributed by atoms with E-state index in [1.165, 1.54) is 38.7 Å². The molecule has 1 aromatic carbocycles. The van der Waals surface area contributed by atoms with Crippen LogP contribution in [0.25, 0.3) is 0 Å². The molecule has 1 aliphatic carbocycles. The number of benzene rings is 1. The van der Waals surface area contributed by atoms with Crippen molar-refractivity contribution in [3.8, 4) is 11.5 Å². The highest BCUT2D eigenvalue weighted by atomic mass is 32.1. The van der Waals surface area contributed by atoms with Gasteiger partial charge in [-0.3, -0.25) is 5.43 Å². The highest BCUT2D eigenvalue weighted by Gasteiger charge is 2.21. The second kappa shape index (κ2) is 9.50. The molecule has 1 aliphatic rings. The van der Waals surface area contributed by atoms with Crippen LogP contribution in [0.3, 0.4) is 0 Å². The normalized spacial score (nSPS) is 20.5. The highest BCUT2D eigenvalue weighted by molar-refractivity contribution is 7.80. The van der Waals surface area contributed by atoms with Gasteiger partial charge in [-0.2, -0.15) is 13.9 Å². The SMILES string of the molecule is COc1cc(/C=N\NC(=S)N[C@H]2CCCC[C@@H]2C)ccc1OC(F)F. The summed E-state index contributed by atoms with van der Waals surface area (Å²) in [7, 11) is 1.39. The molecule has 0 heterocycles. The van der Waals surface area contributed by atoms with E-state index in [-0.39, 0.29) is 11.5 Å². The number of thiocarbonyl (C=S) groups is 1. The summed E-state index contributed by atoms with van der Waals surface area (Å²) in [6, 6.07) is 4.94. The van der Waals surface area contributed by atoms with Crippen LogP contribution in [0.15, 0.2) is 23.3 Å². The van der Waals surface area contributed by atoms with E-state index in [0.717, 1.165) is 6.42 Å². The molecule has 0 aliphatic heterocycles. The zero-order valence-corrected chi connectivity index (χ0v) is 15.1. The van der Waals surface area contributed by atoms with Crippen LogP contribution in [-0.4, -0.2) is 31.1 Å². The zero-order valence-electron chi connectivity index (χ0n) is 14.3. The number of nitrogens with one attached hydrogen (secondary N) is 2. The summed E-state index contributed by atoms with van der Waals surface area (Å²) in [6.45, 7) is -0.682. The molecule has 0 saturated heterocycles. The fourth-order valence-electron chi connectivity index (χ4n) is 2.85. The molecule has 0 bridgehead atoms. The maximum atomic E-state index is 12.3. The molecule has 138 valence electrons. The first-order valence-corrected chi connectivity index (χ1v) is 8.63. The Balaban J connectivity index is 1.89. The van der Waals surface area contributed by atoms with Gasteiger partial charge in [0.05, 0.1) is 13.3 Å². The van der Waals surface area contributed by atoms with E-state index >= 15 is 0 Å². The molecule has 0 amide bonds. The van der Waals surface area contributed by atoms with Crippen molar-refractivity contribution in [1.29, 1.82) is 0 Å². The largest absolute Gasteiger partial charge is 0.493 e. The average Bonchev–Trinajstić information content (AvgIpc) is 2.57. The lowest BCUT2D eigenvalue weighted by Gasteiger charge is -2.30. The Morgan fingerprint density at radius 3 is 2.76 bits per heavy atom. The number of nitrogens with zero attached hydrogens (tertiary/aromatic N) is 1. The van der Waals surface area contributed by atoms with Gasteiger partial charge in [-0.25, -0.2) is 0 Å². The maximum absolute atomic E-state index is 12.3. The van der Waals surface area contributed by atoms with Gasteiger partial charge in [0.2, 0.25) is 0 Å². The second-order valence-corrected chi connectivity index (χ2v) is 6.41. The predicted molar refractivity (Wildman–Crippen MR) is 97.5 cm³/mol. The molecule has 1 saturated carbocycles. The number of alkyl halides is 2. The van der Waals surface area contributed by atoms with Gasteiger partial charge in [-0.15, -0.1) is 0 Å². The zero-order chi connectivity index (χ0) is 18.2. The van der Waals surface area contributed by atoms with Crippen molar-refractivity contribution in [3.05, 3.63) is 23.8 Å². The summed E-state index contributed by atoms with van der Waals surface area (Å²) in [5.74, 6) is 0.774. The van der Waals surface area contributed by atoms with Gasteiger partial charge in [-0.05, 0) is 54.7 Å². The van der Waals surface area contributed by atoms with E-state index in [9.17, 15) is 8.78 Å². The Hall–Kier alpha value is -1.96. The molecule has 0 spiro atoms. The lowest BCUT2D eigenvalue weighted by atomic mass is 9.86. The molecule has 8 heteroatoms. The highest BCUT2D eigenvalue weighted by Crippen LogP contribution is 2.29. The summed E-state index contributed by atoms with van der Waals surface area (Å²) < 4.78 is 34.1. The third-order valence-corrected chi connectivity index (χ3v) is 4.42. The summed E-state index contributed by atoms with van der Waals surface area (Å²) in [5, 5.41) is 7.83. The van der Waals surface area contributed by atoms with Gasteiger partial charge in [0.15, 0.2) is 16.6 Å². The Labute approximate surface area is 151 Å². The first kappa shape index (κ1) is 19.4. The van der Waals surface area contributed by atoms with Gasteiger partial charge in [0.25, 0.3) is 0 Å². The number of ether oxygens (including phenoxy) is 2. The van der Waals surface area contributed by atoms with Crippen molar-refractivity contribution in [2.75, 3.05) is 7.11 Å². The molecule has 0 aromatic heterocycles. The maximum Gasteiger partial charge on any atom is 0.387 e. The van der Waals surface area contributed by atoms with E-state index in [4.69, 9.17) is 17.0 Å². The molecule has 0 unspecified atom stereocenters. The van der Waals surface area contributed by atoms with Gasteiger partial charge in [-0.1, -0.05) is 19.8 Å². The van der Waals surface area contributed by atoms with E-state index in [2.05, 4.69) is 27.5 Å². The third kappa shape index (κ3) is 6.12. The average molecular weight is 371 g/mol. The first-order chi connectivity index (χ1) is 12.0. The van der Waals surface area contributed by atoms with Crippen LogP contribution in [0.1, 0.15) is 38.2 Å². The molecular formula is C17H23F2N3O2S. The molecule has 1 fully saturated rings. The Morgan fingerprint density at radius 1 is 1.32 bits per heavy atom.